The quantitative estimate of drug-likeness (QED) is 0.0248. The third-order valence-electron chi connectivity index (χ3n) is 15.8. The van der Waals surface area contributed by atoms with E-state index in [1.165, 1.54) is 6.92 Å². The van der Waals surface area contributed by atoms with E-state index in [1.807, 2.05) is 44.2 Å². The van der Waals surface area contributed by atoms with Crippen molar-refractivity contribution in [3.8, 4) is 6.07 Å². The van der Waals surface area contributed by atoms with Crippen molar-refractivity contribution in [1.29, 1.82) is 5.26 Å². The molecule has 76 heavy (non-hydrogen) atoms. The van der Waals surface area contributed by atoms with Crippen LogP contribution >= 0.6 is 0 Å². The van der Waals surface area contributed by atoms with E-state index in [-0.39, 0.29) is 93.1 Å². The topological polar surface area (TPSA) is 205 Å². The van der Waals surface area contributed by atoms with Gasteiger partial charge in [-0.2, -0.15) is 5.26 Å². The molecule has 5 N–H and O–H groups in total. The Balaban J connectivity index is 0.000000387. The third kappa shape index (κ3) is 25.9. The summed E-state index contributed by atoms with van der Waals surface area (Å²) in [7, 11) is 0. The van der Waals surface area contributed by atoms with E-state index in [0.717, 1.165) is 102 Å². The molecule has 1 aromatic rings. The molecule has 1 aromatic carbocycles. The lowest BCUT2D eigenvalue weighted by Crippen LogP contribution is -2.36. The number of unbranched alkanes of at least 4 members (excludes halogenated alkanes) is 8. The number of carbonyl (C=O) groups excluding carboxylic acids is 1. The number of ether oxygens (including phenoxy) is 5. The summed E-state index contributed by atoms with van der Waals surface area (Å²) >= 11 is 0. The molecule has 0 spiro atoms. The smallest absolute Gasteiger partial charge is 0.306 e. The summed E-state index contributed by atoms with van der Waals surface area (Å²) in [5.74, 6) is -7.56. The van der Waals surface area contributed by atoms with Crippen LogP contribution < -0.4 is 0 Å². The molecule has 2 aliphatic carbocycles. The summed E-state index contributed by atoms with van der Waals surface area (Å²) in [5, 5.41) is 58.3. The lowest BCUT2D eigenvalue weighted by atomic mass is 9.84. The molecule has 0 aromatic heterocycles. The number of carbonyl (C=O) groups is 2. The summed E-state index contributed by atoms with van der Waals surface area (Å²) in [6.45, 7) is 6.72. The van der Waals surface area contributed by atoms with E-state index in [0.29, 0.717) is 77.4 Å². The van der Waals surface area contributed by atoms with Crippen molar-refractivity contribution in [3.05, 3.63) is 35.9 Å². The van der Waals surface area contributed by atoms with Gasteiger partial charge in [-0.1, -0.05) is 95.5 Å². The Labute approximate surface area is 452 Å². The van der Waals surface area contributed by atoms with Gasteiger partial charge in [0.2, 0.25) is 0 Å². The van der Waals surface area contributed by atoms with Crippen molar-refractivity contribution in [2.75, 3.05) is 13.2 Å². The Hall–Kier alpha value is -2.95. The lowest BCUT2D eigenvalue weighted by molar-refractivity contribution is -0.197. The van der Waals surface area contributed by atoms with Gasteiger partial charge in [0.25, 0.3) is 11.8 Å². The molecular weight excluding hydrogens is 991 g/mol. The maximum Gasteiger partial charge on any atom is 0.306 e. The fraction of sp³-hybridized carbons (Fsp3) is 0.847. The largest absolute Gasteiger partial charge is 0.481 e. The van der Waals surface area contributed by atoms with Crippen LogP contribution in [0.3, 0.4) is 0 Å². The third-order valence-corrected chi connectivity index (χ3v) is 15.8. The van der Waals surface area contributed by atoms with E-state index in [4.69, 9.17) is 34.1 Å². The molecule has 0 bridgehead atoms. The van der Waals surface area contributed by atoms with Crippen molar-refractivity contribution in [2.24, 2.45) is 23.7 Å². The van der Waals surface area contributed by atoms with E-state index in [2.05, 4.69) is 0 Å². The molecule has 438 valence electrons. The zero-order valence-corrected chi connectivity index (χ0v) is 46.2. The molecule has 6 unspecified atom stereocenters. The normalized spacial score (nSPS) is 26.6. The van der Waals surface area contributed by atoms with Crippen LogP contribution in [0.25, 0.3) is 0 Å². The molecule has 13 nitrogen and oxygen atoms in total. The van der Waals surface area contributed by atoms with Gasteiger partial charge >= 0.3 is 11.9 Å². The summed E-state index contributed by atoms with van der Waals surface area (Å²) in [6, 6.07) is 11.4. The van der Waals surface area contributed by atoms with Crippen molar-refractivity contribution in [2.45, 2.75) is 281 Å². The molecule has 2 saturated heterocycles. The van der Waals surface area contributed by atoms with Crippen LogP contribution in [0.15, 0.2) is 30.3 Å². The number of nitriles is 1. The summed E-state index contributed by atoms with van der Waals surface area (Å²) in [6.07, 6.45) is 11.7. The first-order valence-electron chi connectivity index (χ1n) is 29.2. The summed E-state index contributed by atoms with van der Waals surface area (Å²) in [4.78, 5) is 22.7. The number of esters is 1. The van der Waals surface area contributed by atoms with Crippen LogP contribution in [0.2, 0.25) is 0 Å². The number of carboxylic acid groups (broad SMARTS) is 1. The van der Waals surface area contributed by atoms with Gasteiger partial charge in [0.15, 0.2) is 12.6 Å². The highest BCUT2D eigenvalue weighted by molar-refractivity contribution is 5.69. The van der Waals surface area contributed by atoms with E-state index < -0.39 is 42.2 Å². The minimum atomic E-state index is -3.10. The number of carboxylic acids is 1. The van der Waals surface area contributed by atoms with Gasteiger partial charge in [0.05, 0.1) is 30.5 Å². The first kappa shape index (κ1) is 67.3. The Morgan fingerprint density at radius 2 is 1.09 bits per heavy atom. The Morgan fingerprint density at radius 1 is 0.658 bits per heavy atom. The highest BCUT2D eigenvalue weighted by Crippen LogP contribution is 2.45. The second kappa shape index (κ2) is 37.8. The van der Waals surface area contributed by atoms with E-state index in [9.17, 15) is 47.6 Å². The van der Waals surface area contributed by atoms with Crippen molar-refractivity contribution in [3.63, 3.8) is 0 Å². The van der Waals surface area contributed by atoms with Crippen LogP contribution in [0.5, 0.6) is 0 Å². The fourth-order valence-electron chi connectivity index (χ4n) is 11.4. The van der Waals surface area contributed by atoms with Gasteiger partial charge < -0.3 is 49.2 Å². The Morgan fingerprint density at radius 3 is 1.50 bits per heavy atom. The highest BCUT2D eigenvalue weighted by Gasteiger charge is 2.47. The molecule has 4 fully saturated rings. The molecule has 4 aliphatic rings. The molecular formula is C59H97F4NO12. The zero-order chi connectivity index (χ0) is 55.8. The second-order valence-corrected chi connectivity index (χ2v) is 21.8. The number of halogens is 4. The Kier molecular flexibility index (Phi) is 33.5. The minimum absolute atomic E-state index is 0.0128. The average molecular weight is 1090 g/mol. The number of benzene rings is 1. The molecule has 2 aliphatic heterocycles. The maximum absolute atomic E-state index is 14.5. The fourth-order valence-corrected chi connectivity index (χ4v) is 11.4. The van der Waals surface area contributed by atoms with Gasteiger partial charge in [-0.3, -0.25) is 9.59 Å². The van der Waals surface area contributed by atoms with Gasteiger partial charge in [-0.15, -0.1) is 0 Å². The number of nitrogens with zero attached hydrogens (tertiary/aromatic N) is 1. The van der Waals surface area contributed by atoms with Gasteiger partial charge in [-0.25, -0.2) is 17.6 Å². The average Bonchev–Trinajstić information content (AvgIpc) is 3.86. The van der Waals surface area contributed by atoms with Crippen LogP contribution in [0, 0.1) is 35.0 Å². The van der Waals surface area contributed by atoms with Gasteiger partial charge in [0.1, 0.15) is 18.8 Å². The highest BCUT2D eigenvalue weighted by atomic mass is 19.3. The number of rotatable bonds is 34. The molecule has 2 saturated carbocycles. The van der Waals surface area contributed by atoms with E-state index in [1.54, 1.807) is 6.07 Å². The Bertz CT molecular complexity index is 1710. The second-order valence-electron chi connectivity index (χ2n) is 21.8. The minimum Gasteiger partial charge on any atom is -0.481 e. The predicted octanol–water partition coefficient (Wildman–Crippen LogP) is 12.8. The van der Waals surface area contributed by atoms with Crippen molar-refractivity contribution in [1.82, 2.24) is 0 Å². The van der Waals surface area contributed by atoms with E-state index >= 15 is 0 Å². The molecule has 0 radical (unpaired) electrons. The van der Waals surface area contributed by atoms with Crippen LogP contribution in [-0.4, -0.2) is 112 Å². The van der Waals surface area contributed by atoms with Crippen LogP contribution in [0.1, 0.15) is 219 Å². The number of aliphatic carboxylic acids is 1. The molecule has 2 heterocycles. The van der Waals surface area contributed by atoms with Crippen molar-refractivity contribution >= 4 is 11.9 Å². The van der Waals surface area contributed by atoms with Crippen molar-refractivity contribution < 1.29 is 76.4 Å². The number of aliphatic hydroxyl groups excluding tert-OH is 4. The molecule has 12 atom stereocenters. The summed E-state index contributed by atoms with van der Waals surface area (Å²) < 4.78 is 86.8. The number of hydrogen-bond acceptors (Lipinski definition) is 12. The first-order chi connectivity index (χ1) is 36.5. The number of hydrogen-bond donors (Lipinski definition) is 5. The molecule has 17 heteroatoms. The van der Waals surface area contributed by atoms with Crippen LogP contribution in [0.4, 0.5) is 17.6 Å². The summed E-state index contributed by atoms with van der Waals surface area (Å²) in [5.41, 5.74) is 0.968. The number of aliphatic hydroxyl groups is 4. The lowest BCUT2D eigenvalue weighted by Gasteiger charge is -2.31. The SMILES string of the molecule is CC#N.CCCCC(F)(F)C(O)CC[C@@H]1C(CCCCCCC(=O)O)[C@@H](O)C[C@H]1OC1CCCCO1.CCCCC(F)(F)C(O)CC[C@@H]1C(CCCCCCC(=O)OCc2ccccc2)[C@@H](O)C[C@H]1OC1CCCCO1. The maximum atomic E-state index is 14.5. The zero-order valence-electron chi connectivity index (χ0n) is 46.2. The number of alkyl halides is 4. The van der Waals surface area contributed by atoms with Crippen LogP contribution in [-0.2, 0) is 39.9 Å². The molecule has 0 amide bonds. The standard InChI is InChI=1S/C32H50F2O6.C25H44F2O6.C2H3N/c1-2-3-20-32(33,34)29(36)19-18-26-25(27(35)22-28(26)40-31-17-11-12-21-38-31)15-9-4-5-10-16-30(37)39-23-24-13-7-6-8-14-24;1-2-3-15-25(26,27)22(29)14-13-19-18(10-6-4-5-7-11-23(30)31)20(28)17-21(19)33-24-12-8-9-16-32-24;1-2-3/h6-8,13-14,25-29,31,35-36H,2-5,9-12,15-23H2,1H3;18-22,24,28-29H,2-17H2,1H3,(H,30,31);1H3/t25?,26-,27+,28-,29?,31?;18?,19-,20+,21-,22?,24?;/m11./s1. The monoisotopic (exact) mass is 1090 g/mol. The van der Waals surface area contributed by atoms with Gasteiger partial charge in [0, 0.05) is 58.7 Å². The molecule has 5 rings (SSSR count). The first-order valence-corrected chi connectivity index (χ1v) is 29.2. The van der Waals surface area contributed by atoms with Gasteiger partial charge in [-0.05, 0) is 132 Å². The predicted molar refractivity (Wildman–Crippen MR) is 282 cm³/mol.